The van der Waals surface area contributed by atoms with Crippen LogP contribution in [0.5, 0.6) is 0 Å². The molecule has 1 saturated carbocycles. The molecular formula is C14H20ClN3O. The summed E-state index contributed by atoms with van der Waals surface area (Å²) in [4.78, 5) is 6.97. The Hall–Kier alpha value is -0.840. The second-order valence-electron chi connectivity index (χ2n) is 5.35. The normalized spacial score (nSPS) is 23.1. The zero-order valence-corrected chi connectivity index (χ0v) is 12.0. The molecule has 1 aliphatic carbocycles. The second-order valence-corrected chi connectivity index (χ2v) is 5.75. The summed E-state index contributed by atoms with van der Waals surface area (Å²) in [6, 6.07) is 4.63. The molecule has 1 atom stereocenters. The van der Waals surface area contributed by atoms with Crippen LogP contribution in [0.25, 0.3) is 0 Å². The summed E-state index contributed by atoms with van der Waals surface area (Å²) in [5.41, 5.74) is 0.951. The lowest BCUT2D eigenvalue weighted by atomic mass is 10.3. The van der Waals surface area contributed by atoms with Gasteiger partial charge in [-0.25, -0.2) is 4.98 Å². The van der Waals surface area contributed by atoms with Crippen molar-refractivity contribution in [3.63, 3.8) is 0 Å². The Bertz CT molecular complexity index is 450. The first-order valence-corrected chi connectivity index (χ1v) is 7.30. The van der Waals surface area contributed by atoms with Gasteiger partial charge in [0.15, 0.2) is 0 Å². The third-order valence-corrected chi connectivity index (χ3v) is 4.19. The Morgan fingerprint density at radius 1 is 1.42 bits per heavy atom. The molecule has 5 heteroatoms. The summed E-state index contributed by atoms with van der Waals surface area (Å²) in [5, 5.41) is 4.21. The van der Waals surface area contributed by atoms with Crippen molar-refractivity contribution in [1.82, 2.24) is 10.3 Å². The largest absolute Gasteiger partial charge is 0.380 e. The number of methoxy groups -OCH3 is 1. The molecule has 0 bridgehead atoms. The highest BCUT2D eigenvalue weighted by Crippen LogP contribution is 2.25. The Morgan fingerprint density at radius 3 is 2.95 bits per heavy atom. The van der Waals surface area contributed by atoms with Gasteiger partial charge in [0.05, 0.1) is 16.8 Å². The number of nitrogens with one attached hydrogen (secondary N) is 1. The van der Waals surface area contributed by atoms with E-state index in [-0.39, 0.29) is 0 Å². The van der Waals surface area contributed by atoms with E-state index in [2.05, 4.69) is 10.2 Å². The van der Waals surface area contributed by atoms with Gasteiger partial charge in [0.1, 0.15) is 5.82 Å². The fourth-order valence-electron chi connectivity index (χ4n) is 2.43. The average Bonchev–Trinajstić information content (AvgIpc) is 3.13. The van der Waals surface area contributed by atoms with E-state index < -0.39 is 0 Å². The van der Waals surface area contributed by atoms with Crippen molar-refractivity contribution >= 4 is 17.4 Å². The lowest BCUT2D eigenvalue weighted by Gasteiger charge is -2.18. The molecule has 3 rings (SSSR count). The fourth-order valence-corrected chi connectivity index (χ4v) is 2.60. The number of aromatic nitrogens is 1. The zero-order valence-electron chi connectivity index (χ0n) is 11.2. The van der Waals surface area contributed by atoms with Crippen LogP contribution in [0.2, 0.25) is 5.02 Å². The van der Waals surface area contributed by atoms with Crippen molar-refractivity contribution in [1.29, 1.82) is 0 Å². The van der Waals surface area contributed by atoms with E-state index in [1.807, 2.05) is 12.1 Å². The number of hydrogen-bond acceptors (Lipinski definition) is 4. The molecule has 0 amide bonds. The maximum atomic E-state index is 6.22. The van der Waals surface area contributed by atoms with E-state index in [1.54, 1.807) is 7.11 Å². The molecule has 1 aromatic rings. The number of nitrogens with zero attached hydrogens (tertiary/aromatic N) is 2. The predicted octanol–water partition coefficient (Wildman–Crippen LogP) is 2.21. The summed E-state index contributed by atoms with van der Waals surface area (Å²) >= 11 is 6.22. The highest BCUT2D eigenvalue weighted by Gasteiger charge is 2.24. The van der Waals surface area contributed by atoms with Crippen molar-refractivity contribution in [2.24, 2.45) is 0 Å². The highest BCUT2D eigenvalue weighted by atomic mass is 35.5. The van der Waals surface area contributed by atoms with Crippen molar-refractivity contribution in [2.75, 3.05) is 25.1 Å². The van der Waals surface area contributed by atoms with Gasteiger partial charge >= 0.3 is 0 Å². The van der Waals surface area contributed by atoms with Gasteiger partial charge in [0, 0.05) is 32.8 Å². The van der Waals surface area contributed by atoms with Gasteiger partial charge in [-0.1, -0.05) is 11.6 Å². The third-order valence-electron chi connectivity index (χ3n) is 3.84. The van der Waals surface area contributed by atoms with Crippen LogP contribution in [-0.2, 0) is 11.3 Å². The van der Waals surface area contributed by atoms with Crippen molar-refractivity contribution < 1.29 is 4.74 Å². The minimum Gasteiger partial charge on any atom is -0.380 e. The molecule has 1 N–H and O–H groups in total. The van der Waals surface area contributed by atoms with Gasteiger partial charge < -0.3 is 15.0 Å². The molecule has 1 unspecified atom stereocenters. The van der Waals surface area contributed by atoms with E-state index >= 15 is 0 Å². The minimum absolute atomic E-state index is 0.325. The smallest absolute Gasteiger partial charge is 0.129 e. The van der Waals surface area contributed by atoms with Crippen LogP contribution in [0, 0.1) is 0 Å². The second kappa shape index (κ2) is 5.65. The molecule has 4 nitrogen and oxygen atoms in total. The fraction of sp³-hybridized carbons (Fsp3) is 0.643. The van der Waals surface area contributed by atoms with Crippen LogP contribution in [0.15, 0.2) is 12.1 Å². The maximum absolute atomic E-state index is 6.22. The van der Waals surface area contributed by atoms with Crippen molar-refractivity contribution in [3.05, 3.63) is 22.8 Å². The SMILES string of the molecule is COC1CCN(c2ccc(Cl)c(CNC3CC3)n2)C1. The first kappa shape index (κ1) is 13.2. The van der Waals surface area contributed by atoms with Crippen LogP contribution < -0.4 is 10.2 Å². The first-order valence-electron chi connectivity index (χ1n) is 6.93. The van der Waals surface area contributed by atoms with E-state index in [0.29, 0.717) is 12.1 Å². The van der Waals surface area contributed by atoms with Gasteiger partial charge in [-0.2, -0.15) is 0 Å². The quantitative estimate of drug-likeness (QED) is 0.898. The third kappa shape index (κ3) is 3.19. The first-order chi connectivity index (χ1) is 9.26. The van der Waals surface area contributed by atoms with E-state index in [1.165, 1.54) is 12.8 Å². The number of ether oxygens (including phenoxy) is 1. The zero-order chi connectivity index (χ0) is 13.2. The van der Waals surface area contributed by atoms with Crippen LogP contribution in [0.4, 0.5) is 5.82 Å². The van der Waals surface area contributed by atoms with Crippen LogP contribution in [0.1, 0.15) is 25.0 Å². The summed E-state index contributed by atoms with van der Waals surface area (Å²) in [6.07, 6.45) is 3.94. The number of hydrogen-bond donors (Lipinski definition) is 1. The molecule has 104 valence electrons. The average molecular weight is 282 g/mol. The summed E-state index contributed by atoms with van der Waals surface area (Å²) < 4.78 is 5.40. The van der Waals surface area contributed by atoms with Crippen LogP contribution >= 0.6 is 11.6 Å². The minimum atomic E-state index is 0.325. The number of rotatable bonds is 5. The van der Waals surface area contributed by atoms with Gasteiger partial charge in [-0.3, -0.25) is 0 Å². The summed E-state index contributed by atoms with van der Waals surface area (Å²) in [7, 11) is 1.77. The number of pyridine rings is 1. The molecular weight excluding hydrogens is 262 g/mol. The standard InChI is InChI=1S/C14H20ClN3O/c1-19-11-6-7-18(9-11)14-5-4-12(15)13(17-14)8-16-10-2-3-10/h4-5,10-11,16H,2-3,6-9H2,1H3. The monoisotopic (exact) mass is 281 g/mol. The highest BCUT2D eigenvalue weighted by molar-refractivity contribution is 6.31. The Labute approximate surface area is 119 Å². The summed E-state index contributed by atoms with van der Waals surface area (Å²) in [6.45, 7) is 2.68. The number of halogens is 1. The predicted molar refractivity (Wildman–Crippen MR) is 76.7 cm³/mol. The van der Waals surface area contributed by atoms with Gasteiger partial charge in [0.2, 0.25) is 0 Å². The molecule has 1 aliphatic heterocycles. The van der Waals surface area contributed by atoms with Crippen molar-refractivity contribution in [2.45, 2.75) is 38.0 Å². The van der Waals surface area contributed by atoms with Gasteiger partial charge in [-0.05, 0) is 31.4 Å². The lowest BCUT2D eigenvalue weighted by molar-refractivity contribution is 0.121. The van der Waals surface area contributed by atoms with Crippen molar-refractivity contribution in [3.8, 4) is 0 Å². The van der Waals surface area contributed by atoms with E-state index in [9.17, 15) is 0 Å². The Morgan fingerprint density at radius 2 is 2.26 bits per heavy atom. The molecule has 1 aromatic heterocycles. The molecule has 0 spiro atoms. The molecule has 1 saturated heterocycles. The molecule has 2 heterocycles. The molecule has 2 fully saturated rings. The Balaban J connectivity index is 1.69. The molecule has 19 heavy (non-hydrogen) atoms. The topological polar surface area (TPSA) is 37.4 Å². The summed E-state index contributed by atoms with van der Waals surface area (Å²) in [5.74, 6) is 1.01. The number of anilines is 1. The molecule has 0 aromatic carbocycles. The van der Waals surface area contributed by atoms with Gasteiger partial charge in [0.25, 0.3) is 0 Å². The van der Waals surface area contributed by atoms with E-state index in [4.69, 9.17) is 21.3 Å². The molecule has 2 aliphatic rings. The molecule has 0 radical (unpaired) electrons. The van der Waals surface area contributed by atoms with Crippen LogP contribution in [0.3, 0.4) is 0 Å². The lowest BCUT2D eigenvalue weighted by Crippen LogP contribution is -2.24. The van der Waals surface area contributed by atoms with E-state index in [0.717, 1.165) is 42.6 Å². The maximum Gasteiger partial charge on any atom is 0.129 e. The van der Waals surface area contributed by atoms with Crippen LogP contribution in [-0.4, -0.2) is 37.3 Å². The van der Waals surface area contributed by atoms with Gasteiger partial charge in [-0.15, -0.1) is 0 Å². The Kier molecular flexibility index (Phi) is 3.91.